The Kier molecular flexibility index (Phi) is 10.2. The molecule has 1 unspecified atom stereocenters. The van der Waals surface area contributed by atoms with Gasteiger partial charge in [0.2, 0.25) is 0 Å². The average molecular weight is 533 g/mol. The predicted molar refractivity (Wildman–Crippen MR) is 154 cm³/mol. The maximum Gasteiger partial charge on any atom is 0.161 e. The maximum absolute atomic E-state index is 8.88. The number of aliphatic hydroxyl groups is 1. The van der Waals surface area contributed by atoms with Gasteiger partial charge in [-0.25, -0.2) is 9.98 Å². The van der Waals surface area contributed by atoms with E-state index in [0.29, 0.717) is 36.8 Å². The number of amidine groups is 1. The van der Waals surface area contributed by atoms with Crippen molar-refractivity contribution in [3.05, 3.63) is 76.9 Å². The van der Waals surface area contributed by atoms with Gasteiger partial charge in [0, 0.05) is 24.7 Å². The second-order valence-corrected chi connectivity index (χ2v) is 8.94. The molecule has 0 saturated heterocycles. The van der Waals surface area contributed by atoms with Crippen LogP contribution in [0.3, 0.4) is 0 Å². The summed E-state index contributed by atoms with van der Waals surface area (Å²) in [7, 11) is 4.90. The van der Waals surface area contributed by atoms with E-state index in [0.717, 1.165) is 47.1 Å². The van der Waals surface area contributed by atoms with Crippen LogP contribution in [0.1, 0.15) is 24.0 Å². The largest absolute Gasteiger partial charge is 0.494 e. The first-order chi connectivity index (χ1) is 19.1. The highest BCUT2D eigenvalue weighted by Crippen LogP contribution is 2.33. The summed E-state index contributed by atoms with van der Waals surface area (Å²) < 4.78 is 22.3. The third-order valence-electron chi connectivity index (χ3n) is 6.36. The number of aliphatic imine (C=N–C) groups is 2. The fraction of sp³-hybridized carbons (Fsp3) is 0.333. The van der Waals surface area contributed by atoms with E-state index in [9.17, 15) is 0 Å². The summed E-state index contributed by atoms with van der Waals surface area (Å²) in [5, 5.41) is 15.3. The molecule has 0 saturated carbocycles. The fourth-order valence-electron chi connectivity index (χ4n) is 4.30. The standard InChI is InChI=1S/C30H36N4O5/c1-36-26-12-9-22(17-27(26)37-2)6-5-21-7-10-23(11-8-21)34-30-24-18-29(39-16-4-13-31-14-15-35)28(38-3)19-25(24)32-20-33-30/h5-12,17,19-20,24,31,35H,4,13-16,18H2,1-3H3,(H,32,33,34)/b6-5+. The Balaban J connectivity index is 1.42. The van der Waals surface area contributed by atoms with E-state index >= 15 is 0 Å². The van der Waals surface area contributed by atoms with Gasteiger partial charge in [-0.05, 0) is 48.4 Å². The highest BCUT2D eigenvalue weighted by molar-refractivity contribution is 5.97. The minimum absolute atomic E-state index is 0.0546. The number of ether oxygens (including phenoxy) is 4. The summed E-state index contributed by atoms with van der Waals surface area (Å²) in [4.78, 5) is 9.39. The molecule has 2 aromatic carbocycles. The van der Waals surface area contributed by atoms with E-state index in [1.165, 1.54) is 0 Å². The van der Waals surface area contributed by atoms with Gasteiger partial charge < -0.3 is 34.7 Å². The van der Waals surface area contributed by atoms with Gasteiger partial charge in [-0.1, -0.05) is 30.4 Å². The number of rotatable bonds is 13. The first-order valence-electron chi connectivity index (χ1n) is 13.0. The average Bonchev–Trinajstić information content (AvgIpc) is 2.98. The number of hydrogen-bond acceptors (Lipinski definition) is 8. The van der Waals surface area contributed by atoms with Crippen LogP contribution in [0.25, 0.3) is 12.2 Å². The third-order valence-corrected chi connectivity index (χ3v) is 6.36. The monoisotopic (exact) mass is 532 g/mol. The molecule has 1 heterocycles. The Morgan fingerprint density at radius 1 is 1.00 bits per heavy atom. The molecule has 206 valence electrons. The van der Waals surface area contributed by atoms with Crippen LogP contribution in [0.5, 0.6) is 11.5 Å². The third kappa shape index (κ3) is 7.49. The number of fused-ring (bicyclic) bond motifs is 1. The quantitative estimate of drug-likeness (QED) is 0.261. The number of allylic oxidation sites excluding steroid dienone is 2. The molecule has 39 heavy (non-hydrogen) atoms. The topological polar surface area (TPSA) is 106 Å². The van der Waals surface area contributed by atoms with Crippen LogP contribution in [0.4, 0.5) is 5.69 Å². The van der Waals surface area contributed by atoms with Crippen LogP contribution >= 0.6 is 0 Å². The van der Waals surface area contributed by atoms with Crippen LogP contribution in [-0.2, 0) is 9.47 Å². The molecular formula is C30H36N4O5. The lowest BCUT2D eigenvalue weighted by atomic mass is 9.92. The van der Waals surface area contributed by atoms with Crippen LogP contribution in [0, 0.1) is 5.92 Å². The summed E-state index contributed by atoms with van der Waals surface area (Å²) in [6.45, 7) is 2.04. The van der Waals surface area contributed by atoms with Gasteiger partial charge >= 0.3 is 0 Å². The SMILES string of the molecule is COC1=C(OCCCNCCO)CC2C(=C1)NC=NC2=Nc1ccc(/C=C/c2ccc(OC)c(OC)c2)cc1. The van der Waals surface area contributed by atoms with Crippen molar-refractivity contribution in [1.29, 1.82) is 0 Å². The molecule has 1 aliphatic heterocycles. The first kappa shape index (κ1) is 27.9. The minimum atomic E-state index is -0.0546. The van der Waals surface area contributed by atoms with Crippen molar-refractivity contribution in [2.75, 3.05) is 47.6 Å². The van der Waals surface area contributed by atoms with Crippen molar-refractivity contribution in [1.82, 2.24) is 10.6 Å². The van der Waals surface area contributed by atoms with E-state index in [1.807, 2.05) is 60.7 Å². The molecule has 0 fully saturated rings. The molecule has 3 N–H and O–H groups in total. The number of benzene rings is 2. The van der Waals surface area contributed by atoms with Gasteiger partial charge in [0.05, 0.1) is 52.5 Å². The summed E-state index contributed by atoms with van der Waals surface area (Å²) in [6, 6.07) is 13.8. The van der Waals surface area contributed by atoms with Gasteiger partial charge in [-0.2, -0.15) is 0 Å². The van der Waals surface area contributed by atoms with E-state index < -0.39 is 0 Å². The number of hydrogen-bond donors (Lipinski definition) is 3. The molecular weight excluding hydrogens is 496 g/mol. The van der Waals surface area contributed by atoms with E-state index in [-0.39, 0.29) is 12.5 Å². The zero-order valence-electron chi connectivity index (χ0n) is 22.6. The molecule has 2 aliphatic rings. The lowest BCUT2D eigenvalue weighted by Gasteiger charge is -2.29. The minimum Gasteiger partial charge on any atom is -0.494 e. The smallest absolute Gasteiger partial charge is 0.161 e. The summed E-state index contributed by atoms with van der Waals surface area (Å²) in [5.74, 6) is 3.55. The molecule has 0 bridgehead atoms. The van der Waals surface area contributed by atoms with Gasteiger partial charge in [0.1, 0.15) is 11.6 Å². The van der Waals surface area contributed by atoms with Crippen molar-refractivity contribution in [2.45, 2.75) is 12.8 Å². The lowest BCUT2D eigenvalue weighted by molar-refractivity contribution is 0.163. The van der Waals surface area contributed by atoms with Crippen molar-refractivity contribution < 1.29 is 24.1 Å². The zero-order valence-corrected chi connectivity index (χ0v) is 22.6. The molecule has 0 radical (unpaired) electrons. The van der Waals surface area contributed by atoms with Gasteiger partial charge in [-0.3, -0.25) is 0 Å². The molecule has 9 heteroatoms. The second-order valence-electron chi connectivity index (χ2n) is 8.94. The Hall–Kier alpha value is -4.08. The molecule has 0 aromatic heterocycles. The van der Waals surface area contributed by atoms with E-state index in [1.54, 1.807) is 27.7 Å². The van der Waals surface area contributed by atoms with E-state index in [4.69, 9.17) is 29.0 Å². The zero-order chi connectivity index (χ0) is 27.5. The Bertz CT molecular complexity index is 1260. The summed E-state index contributed by atoms with van der Waals surface area (Å²) in [6.07, 6.45) is 9.12. The first-order valence-corrected chi connectivity index (χ1v) is 13.0. The van der Waals surface area contributed by atoms with Crippen molar-refractivity contribution in [3.63, 3.8) is 0 Å². The Labute approximate surface area is 229 Å². The molecule has 1 aliphatic carbocycles. The van der Waals surface area contributed by atoms with Crippen LogP contribution in [0.15, 0.2) is 75.7 Å². The van der Waals surface area contributed by atoms with Gasteiger partial charge in [-0.15, -0.1) is 0 Å². The molecule has 0 amide bonds. The predicted octanol–water partition coefficient (Wildman–Crippen LogP) is 4.29. The molecule has 1 atom stereocenters. The fourth-order valence-corrected chi connectivity index (χ4v) is 4.30. The van der Waals surface area contributed by atoms with Crippen molar-refractivity contribution >= 4 is 30.0 Å². The van der Waals surface area contributed by atoms with Gasteiger partial charge in [0.15, 0.2) is 17.3 Å². The molecule has 4 rings (SSSR count). The maximum atomic E-state index is 8.88. The van der Waals surface area contributed by atoms with Crippen LogP contribution in [-0.4, -0.2) is 64.9 Å². The summed E-state index contributed by atoms with van der Waals surface area (Å²) >= 11 is 0. The van der Waals surface area contributed by atoms with E-state index in [2.05, 4.69) is 15.6 Å². The van der Waals surface area contributed by atoms with Crippen molar-refractivity contribution in [3.8, 4) is 11.5 Å². The Morgan fingerprint density at radius 3 is 2.51 bits per heavy atom. The van der Waals surface area contributed by atoms with Crippen LogP contribution in [0.2, 0.25) is 0 Å². The number of methoxy groups -OCH3 is 3. The summed E-state index contributed by atoms with van der Waals surface area (Å²) in [5.41, 5.74) is 3.87. The Morgan fingerprint density at radius 2 is 1.77 bits per heavy atom. The normalized spacial score (nSPS) is 17.6. The molecule has 2 aromatic rings. The highest BCUT2D eigenvalue weighted by Gasteiger charge is 2.31. The van der Waals surface area contributed by atoms with Gasteiger partial charge in [0.25, 0.3) is 0 Å². The number of nitrogens with zero attached hydrogens (tertiary/aromatic N) is 2. The number of aliphatic hydroxyl groups excluding tert-OH is 1. The van der Waals surface area contributed by atoms with Crippen molar-refractivity contribution in [2.24, 2.45) is 15.9 Å². The second kappa shape index (κ2) is 14.2. The van der Waals surface area contributed by atoms with Crippen LogP contribution < -0.4 is 20.1 Å². The molecule has 9 nitrogen and oxygen atoms in total. The highest BCUT2D eigenvalue weighted by atomic mass is 16.5. The number of nitrogens with one attached hydrogen (secondary N) is 2. The molecule has 0 spiro atoms. The lowest BCUT2D eigenvalue weighted by Crippen LogP contribution is -2.33.